The molecule has 1 aliphatic heterocycles. The highest BCUT2D eigenvalue weighted by Crippen LogP contribution is 2.18. The summed E-state index contributed by atoms with van der Waals surface area (Å²) in [4.78, 5) is 13.5. The first-order chi connectivity index (χ1) is 11.1. The largest absolute Gasteiger partial charge is 0.444 e. The summed E-state index contributed by atoms with van der Waals surface area (Å²) in [5.41, 5.74) is -0.0727. The van der Waals surface area contributed by atoms with Gasteiger partial charge in [-0.15, -0.1) is 0 Å². The van der Waals surface area contributed by atoms with Crippen LogP contribution in [0.5, 0.6) is 0 Å². The summed E-state index contributed by atoms with van der Waals surface area (Å²) in [6.07, 6.45) is -0.416. The van der Waals surface area contributed by atoms with E-state index in [1.54, 1.807) is 45.0 Å². The summed E-state index contributed by atoms with van der Waals surface area (Å²) < 4.78 is 34.9. The first-order valence-electron chi connectivity index (χ1n) is 7.58. The lowest BCUT2D eigenvalue weighted by Gasteiger charge is -2.34. The third kappa shape index (κ3) is 5.35. The number of hydrogen-bond donors (Lipinski definition) is 1. The van der Waals surface area contributed by atoms with Gasteiger partial charge >= 0.3 is 16.3 Å². The van der Waals surface area contributed by atoms with Crippen LogP contribution >= 0.6 is 15.9 Å². The lowest BCUT2D eigenvalue weighted by molar-refractivity contribution is 0.0193. The van der Waals surface area contributed by atoms with E-state index in [-0.39, 0.29) is 13.1 Å². The van der Waals surface area contributed by atoms with E-state index >= 15 is 0 Å². The molecule has 1 saturated heterocycles. The molecule has 0 radical (unpaired) electrons. The van der Waals surface area contributed by atoms with Gasteiger partial charge in [-0.2, -0.15) is 12.7 Å². The Bertz CT molecular complexity index is 678. The standard InChI is InChI=1S/C15H22BrN3O4S/c1-15(2,3)23-14(20)18-8-10-19(11-9-18)24(21,22)17-13-6-4-12(16)5-7-13/h4-7,17H,8-11H2,1-3H3. The SMILES string of the molecule is CC(C)(C)OC(=O)N1CCN(S(=O)(=O)Nc2ccc(Br)cc2)CC1. The van der Waals surface area contributed by atoms with Crippen LogP contribution in [0.4, 0.5) is 10.5 Å². The highest BCUT2D eigenvalue weighted by molar-refractivity contribution is 9.10. The number of halogens is 1. The van der Waals surface area contributed by atoms with E-state index in [4.69, 9.17) is 4.74 Å². The second-order valence-electron chi connectivity index (χ2n) is 6.48. The lowest BCUT2D eigenvalue weighted by Crippen LogP contribution is -2.52. The second kappa shape index (κ2) is 7.28. The molecule has 1 aliphatic rings. The molecule has 0 atom stereocenters. The molecule has 7 nitrogen and oxygen atoms in total. The van der Waals surface area contributed by atoms with Gasteiger partial charge in [0.05, 0.1) is 0 Å². The molecule has 9 heteroatoms. The van der Waals surface area contributed by atoms with Crippen LogP contribution in [0.25, 0.3) is 0 Å². The van der Waals surface area contributed by atoms with Crippen LogP contribution in [-0.4, -0.2) is 55.5 Å². The molecule has 1 heterocycles. The fourth-order valence-corrected chi connectivity index (χ4v) is 3.64. The molecule has 1 aromatic carbocycles. The van der Waals surface area contributed by atoms with Gasteiger partial charge in [0.15, 0.2) is 0 Å². The Morgan fingerprint density at radius 2 is 1.67 bits per heavy atom. The molecule has 0 spiro atoms. The number of anilines is 1. The van der Waals surface area contributed by atoms with E-state index in [9.17, 15) is 13.2 Å². The van der Waals surface area contributed by atoms with Crippen molar-refractivity contribution in [2.45, 2.75) is 26.4 Å². The van der Waals surface area contributed by atoms with Crippen LogP contribution in [-0.2, 0) is 14.9 Å². The normalized spacial score (nSPS) is 16.8. The van der Waals surface area contributed by atoms with E-state index in [0.29, 0.717) is 18.8 Å². The predicted octanol–water partition coefficient (Wildman–Crippen LogP) is 2.66. The van der Waals surface area contributed by atoms with Crippen molar-refractivity contribution in [3.63, 3.8) is 0 Å². The number of nitrogens with one attached hydrogen (secondary N) is 1. The van der Waals surface area contributed by atoms with Crippen molar-refractivity contribution in [3.05, 3.63) is 28.7 Å². The molecule has 0 aromatic heterocycles. The van der Waals surface area contributed by atoms with Gasteiger partial charge in [0, 0.05) is 36.3 Å². The van der Waals surface area contributed by atoms with Crippen molar-refractivity contribution in [3.8, 4) is 0 Å². The van der Waals surface area contributed by atoms with Gasteiger partial charge in [-0.1, -0.05) is 15.9 Å². The third-order valence-electron chi connectivity index (χ3n) is 3.32. The molecule has 1 amide bonds. The van der Waals surface area contributed by atoms with Gasteiger partial charge in [-0.05, 0) is 45.0 Å². The van der Waals surface area contributed by atoms with E-state index < -0.39 is 21.9 Å². The van der Waals surface area contributed by atoms with Crippen LogP contribution < -0.4 is 4.72 Å². The molecule has 2 rings (SSSR count). The molecule has 24 heavy (non-hydrogen) atoms. The van der Waals surface area contributed by atoms with Crippen molar-refractivity contribution >= 4 is 37.9 Å². The average Bonchev–Trinajstić information content (AvgIpc) is 2.48. The summed E-state index contributed by atoms with van der Waals surface area (Å²) >= 11 is 3.31. The Hall–Kier alpha value is -1.32. The molecule has 1 N–H and O–H groups in total. The first-order valence-corrected chi connectivity index (χ1v) is 9.81. The van der Waals surface area contributed by atoms with Crippen molar-refractivity contribution in [1.29, 1.82) is 0 Å². The van der Waals surface area contributed by atoms with Crippen LogP contribution in [0.15, 0.2) is 28.7 Å². The molecule has 0 aliphatic carbocycles. The van der Waals surface area contributed by atoms with Crippen molar-refractivity contribution < 1.29 is 17.9 Å². The van der Waals surface area contributed by atoms with Gasteiger partial charge in [-0.3, -0.25) is 4.72 Å². The average molecular weight is 420 g/mol. The molecular formula is C15H22BrN3O4S. The number of amides is 1. The van der Waals surface area contributed by atoms with E-state index in [1.165, 1.54) is 9.21 Å². The quantitative estimate of drug-likeness (QED) is 0.816. The highest BCUT2D eigenvalue weighted by atomic mass is 79.9. The minimum Gasteiger partial charge on any atom is -0.444 e. The Labute approximate surface area is 151 Å². The van der Waals surface area contributed by atoms with Gasteiger partial charge in [0.2, 0.25) is 0 Å². The number of benzene rings is 1. The number of carbonyl (C=O) groups is 1. The minimum absolute atomic E-state index is 0.227. The number of carbonyl (C=O) groups excluding carboxylic acids is 1. The number of rotatable bonds is 3. The van der Waals surface area contributed by atoms with Gasteiger partial charge in [0.25, 0.3) is 0 Å². The molecular weight excluding hydrogens is 398 g/mol. The monoisotopic (exact) mass is 419 g/mol. The summed E-state index contributed by atoms with van der Waals surface area (Å²) in [6, 6.07) is 6.88. The Morgan fingerprint density at radius 3 is 2.17 bits per heavy atom. The van der Waals surface area contributed by atoms with Crippen LogP contribution in [0, 0.1) is 0 Å². The van der Waals surface area contributed by atoms with E-state index in [0.717, 1.165) is 4.47 Å². The number of ether oxygens (including phenoxy) is 1. The maximum atomic E-state index is 12.4. The summed E-state index contributed by atoms with van der Waals surface area (Å²) in [6.45, 7) is 6.46. The Morgan fingerprint density at radius 1 is 1.12 bits per heavy atom. The van der Waals surface area contributed by atoms with Gasteiger partial charge in [-0.25, -0.2) is 4.79 Å². The summed E-state index contributed by atoms with van der Waals surface area (Å²) in [5, 5.41) is 0. The second-order valence-corrected chi connectivity index (χ2v) is 9.07. The summed E-state index contributed by atoms with van der Waals surface area (Å²) in [5.74, 6) is 0. The zero-order chi connectivity index (χ0) is 18.0. The molecule has 0 unspecified atom stereocenters. The van der Waals surface area contributed by atoms with E-state index in [2.05, 4.69) is 20.7 Å². The van der Waals surface area contributed by atoms with E-state index in [1.807, 2.05) is 0 Å². The molecule has 134 valence electrons. The fraction of sp³-hybridized carbons (Fsp3) is 0.533. The lowest BCUT2D eigenvalue weighted by atomic mass is 10.2. The predicted molar refractivity (Wildman–Crippen MR) is 96.1 cm³/mol. The zero-order valence-electron chi connectivity index (χ0n) is 14.0. The topological polar surface area (TPSA) is 79.0 Å². The molecule has 1 fully saturated rings. The highest BCUT2D eigenvalue weighted by Gasteiger charge is 2.30. The smallest absolute Gasteiger partial charge is 0.410 e. The number of hydrogen-bond acceptors (Lipinski definition) is 4. The third-order valence-corrected chi connectivity index (χ3v) is 5.39. The number of nitrogens with zero attached hydrogens (tertiary/aromatic N) is 2. The van der Waals surface area contributed by atoms with Crippen molar-refractivity contribution in [2.24, 2.45) is 0 Å². The number of piperazine rings is 1. The zero-order valence-corrected chi connectivity index (χ0v) is 16.4. The molecule has 1 aromatic rings. The van der Waals surface area contributed by atoms with Gasteiger partial charge < -0.3 is 9.64 Å². The fourth-order valence-electron chi connectivity index (χ4n) is 2.17. The molecule has 0 bridgehead atoms. The van der Waals surface area contributed by atoms with Gasteiger partial charge in [0.1, 0.15) is 5.60 Å². The Kier molecular flexibility index (Phi) is 5.77. The Balaban J connectivity index is 1.93. The first kappa shape index (κ1) is 19.0. The van der Waals surface area contributed by atoms with Crippen LogP contribution in [0.3, 0.4) is 0 Å². The molecule has 0 saturated carbocycles. The van der Waals surface area contributed by atoms with Crippen LogP contribution in [0.2, 0.25) is 0 Å². The van der Waals surface area contributed by atoms with Crippen molar-refractivity contribution in [2.75, 3.05) is 30.9 Å². The maximum Gasteiger partial charge on any atom is 0.410 e. The summed E-state index contributed by atoms with van der Waals surface area (Å²) in [7, 11) is -3.64. The van der Waals surface area contributed by atoms with Crippen molar-refractivity contribution in [1.82, 2.24) is 9.21 Å². The van der Waals surface area contributed by atoms with Crippen LogP contribution in [0.1, 0.15) is 20.8 Å². The minimum atomic E-state index is -3.64. The maximum absolute atomic E-state index is 12.4.